The molecule has 174 valence electrons. The van der Waals surface area contributed by atoms with Crippen molar-refractivity contribution in [1.82, 2.24) is 0 Å². The van der Waals surface area contributed by atoms with Crippen LogP contribution in [0.1, 0.15) is 29.2 Å². The zero-order valence-electron chi connectivity index (χ0n) is 17.8. The maximum atomic E-state index is 14.4. The Morgan fingerprint density at radius 3 is 1.64 bits per heavy atom. The van der Waals surface area contributed by atoms with Gasteiger partial charge in [0.25, 0.3) is 4.75 Å². The van der Waals surface area contributed by atoms with E-state index >= 15 is 0 Å². The highest BCUT2D eigenvalue weighted by Crippen LogP contribution is 2.43. The average molecular weight is 477 g/mol. The molecule has 1 atom stereocenters. The molecular weight excluding hydrogens is 453 g/mol. The second-order valence-electron chi connectivity index (χ2n) is 7.69. The largest absolute Gasteiger partial charge is 0.451 e. The van der Waals surface area contributed by atoms with Crippen molar-refractivity contribution in [3.8, 4) is 0 Å². The third kappa shape index (κ3) is 5.27. The molecule has 4 nitrogen and oxygen atoms in total. The van der Waals surface area contributed by atoms with E-state index in [1.165, 1.54) is 0 Å². The second kappa shape index (κ2) is 9.79. The number of aryl methyl sites for hydroxylation is 1. The van der Waals surface area contributed by atoms with E-state index in [0.29, 0.717) is 22.9 Å². The predicted molar refractivity (Wildman–Crippen MR) is 119 cm³/mol. The molecule has 3 aromatic carbocycles. The van der Waals surface area contributed by atoms with Crippen LogP contribution in [0.15, 0.2) is 91.0 Å². The lowest BCUT2D eigenvalue weighted by molar-refractivity contribution is -0.192. The van der Waals surface area contributed by atoms with Crippen molar-refractivity contribution in [2.45, 2.75) is 29.9 Å². The van der Waals surface area contributed by atoms with Crippen molar-refractivity contribution in [1.29, 1.82) is 0 Å². The van der Waals surface area contributed by atoms with Gasteiger partial charge in [0.1, 0.15) is 0 Å². The number of rotatable bonds is 8. The van der Waals surface area contributed by atoms with E-state index in [1.54, 1.807) is 91.0 Å². The first-order valence-electron chi connectivity index (χ1n) is 10.2. The molecule has 0 aliphatic heterocycles. The van der Waals surface area contributed by atoms with Gasteiger partial charge in [0.2, 0.25) is 0 Å². The topological polar surface area (TPSA) is 60.4 Å². The number of carbonyl (C=O) groups excluding carboxylic acids is 1. The molecule has 0 heterocycles. The van der Waals surface area contributed by atoms with Gasteiger partial charge in [-0.05, 0) is 29.5 Å². The highest BCUT2D eigenvalue weighted by Gasteiger charge is 2.68. The standard InChI is InChI=1S/C25H23F3O4S/c1-33(30,31)24(25(26,27)28,18-17-19-11-5-2-6-12-19)23(29)32-22(20-13-7-3-8-14-20)21-15-9-4-10-16-21/h2-16,22H,17-18H2,1H3/t24-/m1/s1. The highest BCUT2D eigenvalue weighted by atomic mass is 32.2. The molecular formula is C25H23F3O4S. The van der Waals surface area contributed by atoms with Crippen LogP contribution in [0.25, 0.3) is 0 Å². The summed E-state index contributed by atoms with van der Waals surface area (Å²) in [6, 6.07) is 24.5. The van der Waals surface area contributed by atoms with Gasteiger partial charge in [-0.2, -0.15) is 13.2 Å². The molecule has 3 rings (SSSR count). The number of ether oxygens (including phenoxy) is 1. The zero-order valence-corrected chi connectivity index (χ0v) is 18.6. The van der Waals surface area contributed by atoms with Gasteiger partial charge in [-0.1, -0.05) is 91.0 Å². The number of halogens is 3. The number of hydrogen-bond donors (Lipinski definition) is 0. The van der Waals surface area contributed by atoms with Gasteiger partial charge in [0.15, 0.2) is 15.9 Å². The molecule has 0 aliphatic rings. The SMILES string of the molecule is CS(=O)(=O)[C@](CCc1ccccc1)(C(=O)OC(c1ccccc1)c1ccccc1)C(F)(F)F. The van der Waals surface area contributed by atoms with E-state index in [9.17, 15) is 26.4 Å². The van der Waals surface area contributed by atoms with Gasteiger partial charge < -0.3 is 4.74 Å². The normalized spacial score (nSPS) is 14.0. The number of sulfone groups is 1. The summed E-state index contributed by atoms with van der Waals surface area (Å²) in [5.41, 5.74) is 1.32. The fraction of sp³-hybridized carbons (Fsp3) is 0.240. The van der Waals surface area contributed by atoms with Crippen LogP contribution in [0.5, 0.6) is 0 Å². The third-order valence-corrected chi connectivity index (χ3v) is 7.33. The van der Waals surface area contributed by atoms with Crippen LogP contribution < -0.4 is 0 Å². The van der Waals surface area contributed by atoms with Gasteiger partial charge in [0.05, 0.1) is 0 Å². The number of alkyl halides is 3. The van der Waals surface area contributed by atoms with Crippen LogP contribution in [-0.2, 0) is 25.8 Å². The molecule has 0 aromatic heterocycles. The Morgan fingerprint density at radius 1 is 0.818 bits per heavy atom. The van der Waals surface area contributed by atoms with Crippen molar-refractivity contribution in [2.75, 3.05) is 6.26 Å². The fourth-order valence-electron chi connectivity index (χ4n) is 3.66. The van der Waals surface area contributed by atoms with Crippen molar-refractivity contribution >= 4 is 15.8 Å². The van der Waals surface area contributed by atoms with E-state index in [1.807, 2.05) is 0 Å². The number of carbonyl (C=O) groups is 1. The summed E-state index contributed by atoms with van der Waals surface area (Å²) in [6.07, 6.45) is -7.43. The quantitative estimate of drug-likeness (QED) is 0.414. The Labute approximate surface area is 190 Å². The molecule has 0 bridgehead atoms. The van der Waals surface area contributed by atoms with Crippen molar-refractivity contribution in [3.63, 3.8) is 0 Å². The summed E-state index contributed by atoms with van der Waals surface area (Å²) in [5.74, 6) is -1.84. The van der Waals surface area contributed by atoms with Gasteiger partial charge in [-0.25, -0.2) is 13.2 Å². The van der Waals surface area contributed by atoms with Crippen molar-refractivity contribution in [3.05, 3.63) is 108 Å². The molecule has 0 amide bonds. The Balaban J connectivity index is 2.06. The van der Waals surface area contributed by atoms with Crippen LogP contribution in [0.2, 0.25) is 0 Å². The molecule has 0 N–H and O–H groups in total. The molecule has 0 spiro atoms. The van der Waals surface area contributed by atoms with Crippen LogP contribution in [0.3, 0.4) is 0 Å². The Kier molecular flexibility index (Phi) is 7.27. The number of hydrogen-bond acceptors (Lipinski definition) is 4. The molecule has 33 heavy (non-hydrogen) atoms. The lowest BCUT2D eigenvalue weighted by atomic mass is 9.97. The summed E-state index contributed by atoms with van der Waals surface area (Å²) in [4.78, 5) is 13.2. The molecule has 0 fully saturated rings. The maximum absolute atomic E-state index is 14.4. The molecule has 0 saturated heterocycles. The second-order valence-corrected chi connectivity index (χ2v) is 9.93. The minimum Gasteiger partial charge on any atom is -0.451 e. The monoisotopic (exact) mass is 476 g/mol. The van der Waals surface area contributed by atoms with E-state index in [0.717, 1.165) is 0 Å². The summed E-state index contributed by atoms with van der Waals surface area (Å²) >= 11 is 0. The molecule has 3 aromatic rings. The lowest BCUT2D eigenvalue weighted by Crippen LogP contribution is -2.58. The van der Waals surface area contributed by atoms with Gasteiger partial charge in [-0.3, -0.25) is 0 Å². The van der Waals surface area contributed by atoms with E-state index in [-0.39, 0.29) is 6.42 Å². The summed E-state index contributed by atoms with van der Waals surface area (Å²) < 4.78 is 70.1. The molecule has 0 aliphatic carbocycles. The Morgan fingerprint density at radius 2 is 1.24 bits per heavy atom. The summed E-state index contributed by atoms with van der Waals surface area (Å²) in [6.45, 7) is 0. The van der Waals surface area contributed by atoms with E-state index < -0.39 is 39.3 Å². The number of esters is 1. The Bertz CT molecular complexity index is 1130. The predicted octanol–water partition coefficient (Wildman–Crippen LogP) is 5.30. The maximum Gasteiger partial charge on any atom is 0.418 e. The van der Waals surface area contributed by atoms with E-state index in [4.69, 9.17) is 4.74 Å². The third-order valence-electron chi connectivity index (χ3n) is 5.46. The first-order chi connectivity index (χ1) is 15.6. The van der Waals surface area contributed by atoms with E-state index in [2.05, 4.69) is 0 Å². The first kappa shape index (κ1) is 24.5. The fourth-order valence-corrected chi connectivity index (χ4v) is 4.90. The minimum absolute atomic E-state index is 0.274. The van der Waals surface area contributed by atoms with Gasteiger partial charge >= 0.3 is 12.1 Å². The first-order valence-corrected chi connectivity index (χ1v) is 12.1. The van der Waals surface area contributed by atoms with Crippen molar-refractivity contribution < 1.29 is 31.1 Å². The molecule has 8 heteroatoms. The summed E-state index contributed by atoms with van der Waals surface area (Å²) in [5, 5.41) is 0. The number of benzene rings is 3. The molecule has 0 unspecified atom stereocenters. The minimum atomic E-state index is -5.38. The highest BCUT2D eigenvalue weighted by molar-refractivity contribution is 7.93. The van der Waals surface area contributed by atoms with Crippen LogP contribution in [0.4, 0.5) is 13.2 Å². The Hall–Kier alpha value is -3.13. The summed E-state index contributed by atoms with van der Waals surface area (Å²) in [7, 11) is -4.96. The molecule has 0 saturated carbocycles. The van der Waals surface area contributed by atoms with Crippen LogP contribution in [0, 0.1) is 0 Å². The molecule has 0 radical (unpaired) electrons. The van der Waals surface area contributed by atoms with Crippen LogP contribution in [-0.4, -0.2) is 31.6 Å². The van der Waals surface area contributed by atoms with Crippen molar-refractivity contribution in [2.24, 2.45) is 0 Å². The lowest BCUT2D eigenvalue weighted by Gasteiger charge is -2.33. The average Bonchev–Trinajstić information content (AvgIpc) is 2.78. The van der Waals surface area contributed by atoms with Crippen LogP contribution >= 0.6 is 0 Å². The zero-order chi connectivity index (χ0) is 24.1. The van der Waals surface area contributed by atoms with Gasteiger partial charge in [-0.15, -0.1) is 0 Å². The van der Waals surface area contributed by atoms with Gasteiger partial charge in [0, 0.05) is 6.26 Å². The smallest absolute Gasteiger partial charge is 0.418 e.